The van der Waals surface area contributed by atoms with E-state index in [0.717, 1.165) is 0 Å². The van der Waals surface area contributed by atoms with E-state index >= 15 is 0 Å². The average Bonchev–Trinajstić information content (AvgIpc) is 2.74. The van der Waals surface area contributed by atoms with Gasteiger partial charge in [0.25, 0.3) is 0 Å². The zero-order valence-electron chi connectivity index (χ0n) is 8.57. The van der Waals surface area contributed by atoms with Gasteiger partial charge in [-0.1, -0.05) is 38.5 Å². The molecule has 2 spiro atoms. The number of fused-ring (bicyclic) bond motifs is 1. The smallest absolute Gasteiger partial charge is 0.0369 e. The topological polar surface area (TPSA) is 21.9 Å². The summed E-state index contributed by atoms with van der Waals surface area (Å²) in [4.78, 5) is 0. The van der Waals surface area contributed by atoms with Crippen molar-refractivity contribution in [2.24, 2.45) is 0 Å². The fourth-order valence-corrected chi connectivity index (χ4v) is 3.94. The molecule has 0 unspecified atom stereocenters. The zero-order chi connectivity index (χ0) is 8.78. The molecule has 0 bridgehead atoms. The van der Waals surface area contributed by atoms with Crippen LogP contribution in [0.3, 0.4) is 0 Å². The second kappa shape index (κ2) is 2.73. The van der Waals surface area contributed by atoms with Crippen molar-refractivity contribution in [3.05, 3.63) is 0 Å². The van der Waals surface area contributed by atoms with Crippen molar-refractivity contribution in [2.45, 2.75) is 75.3 Å². The van der Waals surface area contributed by atoms with Crippen LogP contribution in [-0.2, 0) is 0 Å². The summed E-state index contributed by atoms with van der Waals surface area (Å²) >= 11 is 0. The Balaban J connectivity index is 1.73. The summed E-state index contributed by atoms with van der Waals surface area (Å²) in [5.41, 5.74) is 1.29. The molecule has 1 N–H and O–H groups in total. The molecule has 1 nitrogen and oxygen atoms in total. The van der Waals surface area contributed by atoms with E-state index in [1.54, 1.807) is 0 Å². The molecule has 0 radical (unpaired) electrons. The molecule has 0 atom stereocenters. The first-order valence-corrected chi connectivity index (χ1v) is 6.16. The molecule has 2 aliphatic carbocycles. The van der Waals surface area contributed by atoms with E-state index in [1.807, 2.05) is 0 Å². The first-order chi connectivity index (χ1) is 6.37. The van der Waals surface area contributed by atoms with Crippen molar-refractivity contribution in [3.63, 3.8) is 0 Å². The molecular formula is C12H21N. The highest BCUT2D eigenvalue weighted by Crippen LogP contribution is 2.55. The molecule has 1 saturated heterocycles. The van der Waals surface area contributed by atoms with Crippen LogP contribution in [0.5, 0.6) is 0 Å². The number of rotatable bonds is 0. The SMILES string of the molecule is C1CCC2(CC1)NC21CCCCC1. The molecule has 0 aromatic heterocycles. The molecule has 1 aliphatic heterocycles. The van der Waals surface area contributed by atoms with Gasteiger partial charge in [-0.3, -0.25) is 0 Å². The highest BCUT2D eigenvalue weighted by molar-refractivity contribution is 5.27. The van der Waals surface area contributed by atoms with Crippen LogP contribution in [0.2, 0.25) is 0 Å². The van der Waals surface area contributed by atoms with Gasteiger partial charge in [0, 0.05) is 11.1 Å². The molecule has 1 heteroatoms. The van der Waals surface area contributed by atoms with E-state index in [2.05, 4.69) is 5.32 Å². The highest BCUT2D eigenvalue weighted by atomic mass is 15.3. The third-order valence-corrected chi connectivity index (χ3v) is 4.75. The molecule has 13 heavy (non-hydrogen) atoms. The van der Waals surface area contributed by atoms with Gasteiger partial charge in [-0.15, -0.1) is 0 Å². The number of nitrogens with one attached hydrogen (secondary N) is 1. The van der Waals surface area contributed by atoms with Gasteiger partial charge in [-0.2, -0.15) is 0 Å². The van der Waals surface area contributed by atoms with Gasteiger partial charge >= 0.3 is 0 Å². The van der Waals surface area contributed by atoms with E-state index in [0.29, 0.717) is 11.1 Å². The molecule has 74 valence electrons. The lowest BCUT2D eigenvalue weighted by molar-refractivity contribution is 0.313. The fraction of sp³-hybridized carbons (Fsp3) is 1.00. The summed E-state index contributed by atoms with van der Waals surface area (Å²) < 4.78 is 0. The maximum atomic E-state index is 3.90. The quantitative estimate of drug-likeness (QED) is 0.567. The largest absolute Gasteiger partial charge is 0.302 e. The van der Waals surface area contributed by atoms with Crippen LogP contribution in [0.4, 0.5) is 0 Å². The van der Waals surface area contributed by atoms with Crippen molar-refractivity contribution < 1.29 is 0 Å². The minimum absolute atomic E-state index is 0.645. The standard InChI is InChI=1S/C12H21N/c1-3-7-11(8-4-1)12(13-11)9-5-2-6-10-12/h13H,1-10H2. The van der Waals surface area contributed by atoms with Crippen LogP contribution in [-0.4, -0.2) is 11.1 Å². The Hall–Kier alpha value is -0.0400. The Morgan fingerprint density at radius 3 is 1.31 bits per heavy atom. The summed E-state index contributed by atoms with van der Waals surface area (Å²) in [5, 5.41) is 3.90. The predicted molar refractivity (Wildman–Crippen MR) is 54.8 cm³/mol. The van der Waals surface area contributed by atoms with Crippen LogP contribution >= 0.6 is 0 Å². The minimum atomic E-state index is 0.645. The van der Waals surface area contributed by atoms with Crippen LogP contribution < -0.4 is 5.32 Å². The molecule has 1 heterocycles. The highest BCUT2D eigenvalue weighted by Gasteiger charge is 2.65. The minimum Gasteiger partial charge on any atom is -0.302 e. The lowest BCUT2D eigenvalue weighted by atomic mass is 9.73. The van der Waals surface area contributed by atoms with E-state index in [4.69, 9.17) is 0 Å². The van der Waals surface area contributed by atoms with Crippen molar-refractivity contribution >= 4 is 0 Å². The summed E-state index contributed by atoms with van der Waals surface area (Å²) in [6.45, 7) is 0. The molecule has 0 aromatic rings. The van der Waals surface area contributed by atoms with E-state index in [1.165, 1.54) is 64.2 Å². The first kappa shape index (κ1) is 8.28. The summed E-state index contributed by atoms with van der Waals surface area (Å²) in [5.74, 6) is 0. The van der Waals surface area contributed by atoms with Crippen molar-refractivity contribution in [1.29, 1.82) is 0 Å². The van der Waals surface area contributed by atoms with Crippen molar-refractivity contribution in [3.8, 4) is 0 Å². The van der Waals surface area contributed by atoms with Gasteiger partial charge in [0.05, 0.1) is 0 Å². The van der Waals surface area contributed by atoms with Crippen LogP contribution in [0.1, 0.15) is 64.2 Å². The average molecular weight is 179 g/mol. The molecule has 3 rings (SSSR count). The van der Waals surface area contributed by atoms with Crippen LogP contribution in [0.25, 0.3) is 0 Å². The van der Waals surface area contributed by atoms with Gasteiger partial charge in [-0.05, 0) is 25.7 Å². The van der Waals surface area contributed by atoms with E-state index in [9.17, 15) is 0 Å². The summed E-state index contributed by atoms with van der Waals surface area (Å²) in [7, 11) is 0. The molecule has 2 saturated carbocycles. The fourth-order valence-electron chi connectivity index (χ4n) is 3.94. The molecular weight excluding hydrogens is 158 g/mol. The van der Waals surface area contributed by atoms with Gasteiger partial charge in [0.1, 0.15) is 0 Å². The van der Waals surface area contributed by atoms with E-state index < -0.39 is 0 Å². The monoisotopic (exact) mass is 179 g/mol. The molecule has 3 aliphatic rings. The third-order valence-electron chi connectivity index (χ3n) is 4.75. The molecule has 0 aromatic carbocycles. The molecule has 0 amide bonds. The second-order valence-corrected chi connectivity index (χ2v) is 5.41. The Morgan fingerprint density at radius 1 is 0.538 bits per heavy atom. The predicted octanol–water partition coefficient (Wildman–Crippen LogP) is 3.00. The molecule has 3 fully saturated rings. The number of hydrogen-bond acceptors (Lipinski definition) is 1. The third kappa shape index (κ3) is 1.09. The Labute approximate surface area is 81.3 Å². The second-order valence-electron chi connectivity index (χ2n) is 5.41. The first-order valence-electron chi connectivity index (χ1n) is 6.16. The van der Waals surface area contributed by atoms with E-state index in [-0.39, 0.29) is 0 Å². The van der Waals surface area contributed by atoms with Crippen molar-refractivity contribution in [2.75, 3.05) is 0 Å². The lowest BCUT2D eigenvalue weighted by Gasteiger charge is -2.29. The Bertz CT molecular complexity index is 175. The maximum absolute atomic E-state index is 3.90. The number of hydrogen-bond donors (Lipinski definition) is 1. The maximum Gasteiger partial charge on any atom is 0.0369 e. The normalized spacial score (nSPS) is 35.1. The summed E-state index contributed by atoms with van der Waals surface area (Å²) in [6, 6.07) is 0. The lowest BCUT2D eigenvalue weighted by Crippen LogP contribution is -2.30. The Kier molecular flexibility index (Phi) is 1.74. The van der Waals surface area contributed by atoms with Gasteiger partial charge in [-0.25, -0.2) is 0 Å². The van der Waals surface area contributed by atoms with Crippen molar-refractivity contribution in [1.82, 2.24) is 5.32 Å². The van der Waals surface area contributed by atoms with Crippen LogP contribution in [0, 0.1) is 0 Å². The van der Waals surface area contributed by atoms with Gasteiger partial charge in [0.2, 0.25) is 0 Å². The summed E-state index contributed by atoms with van der Waals surface area (Å²) in [6.07, 6.45) is 14.8. The zero-order valence-corrected chi connectivity index (χ0v) is 8.57. The van der Waals surface area contributed by atoms with Gasteiger partial charge in [0.15, 0.2) is 0 Å². The van der Waals surface area contributed by atoms with Gasteiger partial charge < -0.3 is 5.32 Å². The van der Waals surface area contributed by atoms with Crippen LogP contribution in [0.15, 0.2) is 0 Å². The Morgan fingerprint density at radius 2 is 0.923 bits per heavy atom.